The van der Waals surface area contributed by atoms with E-state index in [0.717, 1.165) is 37.8 Å². The lowest BCUT2D eigenvalue weighted by atomic mass is 10.1. The summed E-state index contributed by atoms with van der Waals surface area (Å²) in [5.74, 6) is -0.677. The Morgan fingerprint density at radius 2 is 2.14 bits per heavy atom. The minimum atomic E-state index is -0.617. The molecule has 1 aromatic rings. The van der Waals surface area contributed by atoms with Crippen LogP contribution in [0.4, 0.5) is 5.69 Å². The van der Waals surface area contributed by atoms with Gasteiger partial charge in [0.2, 0.25) is 0 Å². The van der Waals surface area contributed by atoms with Crippen molar-refractivity contribution in [2.75, 3.05) is 12.8 Å². The Hall–Kier alpha value is -1.76. The van der Waals surface area contributed by atoms with E-state index in [4.69, 9.17) is 0 Å². The first kappa shape index (κ1) is 15.6. The number of carbonyl (C=O) groups is 1. The van der Waals surface area contributed by atoms with Crippen molar-refractivity contribution in [1.29, 1.82) is 0 Å². The van der Waals surface area contributed by atoms with Gasteiger partial charge in [0.15, 0.2) is 0 Å². The maximum atomic E-state index is 12.2. The normalized spacial score (nSPS) is 16.6. The van der Waals surface area contributed by atoms with Gasteiger partial charge in [0.1, 0.15) is 11.3 Å². The molecule has 1 saturated carbocycles. The van der Waals surface area contributed by atoms with Crippen LogP contribution in [0.5, 0.6) is 5.75 Å². The number of hydrogen-bond acceptors (Lipinski definition) is 5. The third kappa shape index (κ3) is 3.47. The van der Waals surface area contributed by atoms with Crippen LogP contribution in [0.25, 0.3) is 0 Å². The van der Waals surface area contributed by atoms with E-state index in [-0.39, 0.29) is 21.7 Å². The van der Waals surface area contributed by atoms with Gasteiger partial charge in [-0.05, 0) is 31.2 Å². The van der Waals surface area contributed by atoms with Gasteiger partial charge < -0.3 is 10.4 Å². The molecule has 1 fully saturated rings. The maximum absolute atomic E-state index is 12.2. The number of aromatic hydroxyl groups is 1. The number of rotatable bonds is 5. The second-order valence-corrected chi connectivity index (χ2v) is 6.51. The predicted molar refractivity (Wildman–Crippen MR) is 81.8 cm³/mol. The van der Waals surface area contributed by atoms with Gasteiger partial charge in [0.05, 0.1) is 4.92 Å². The minimum absolute atomic E-state index is 0.0290. The highest BCUT2D eigenvalue weighted by Crippen LogP contribution is 2.39. The van der Waals surface area contributed by atoms with Gasteiger partial charge in [-0.15, -0.1) is 0 Å². The third-order valence-corrected chi connectivity index (χ3v) is 5.36. The second-order valence-electron chi connectivity index (χ2n) is 5.24. The van der Waals surface area contributed by atoms with Crippen molar-refractivity contribution >= 4 is 23.4 Å². The highest BCUT2D eigenvalue weighted by atomic mass is 32.2. The molecular weight excluding hydrogens is 292 g/mol. The number of carbonyl (C=O) groups excluding carboxylic acids is 1. The monoisotopic (exact) mass is 310 g/mol. The maximum Gasteiger partial charge on any atom is 0.282 e. The zero-order valence-corrected chi connectivity index (χ0v) is 12.6. The summed E-state index contributed by atoms with van der Waals surface area (Å²) in [6.45, 7) is 0.486. The molecular formula is C14H18N2O4S. The quantitative estimate of drug-likeness (QED) is 0.644. The molecule has 1 amide bonds. The van der Waals surface area contributed by atoms with Crippen molar-refractivity contribution in [1.82, 2.24) is 5.32 Å². The molecule has 21 heavy (non-hydrogen) atoms. The van der Waals surface area contributed by atoms with E-state index in [1.54, 1.807) is 11.8 Å². The smallest absolute Gasteiger partial charge is 0.282 e. The Bertz CT molecular complexity index is 556. The predicted octanol–water partition coefficient (Wildman–Crippen LogP) is 2.71. The highest BCUT2D eigenvalue weighted by molar-refractivity contribution is 8.00. The number of nitro benzene ring substituents is 1. The molecule has 0 atom stereocenters. The zero-order valence-electron chi connectivity index (χ0n) is 11.8. The first-order valence-electron chi connectivity index (χ1n) is 6.78. The molecule has 1 aliphatic rings. The van der Waals surface area contributed by atoms with Crippen molar-refractivity contribution in [3.63, 3.8) is 0 Å². The number of amides is 1. The Labute approximate surface area is 127 Å². The van der Waals surface area contributed by atoms with Crippen LogP contribution in [-0.4, -0.2) is 33.5 Å². The van der Waals surface area contributed by atoms with Crippen LogP contribution < -0.4 is 5.32 Å². The number of phenols is 1. The average molecular weight is 310 g/mol. The van der Waals surface area contributed by atoms with Gasteiger partial charge in [0.25, 0.3) is 11.6 Å². The van der Waals surface area contributed by atoms with Gasteiger partial charge in [-0.2, -0.15) is 11.8 Å². The van der Waals surface area contributed by atoms with E-state index in [1.165, 1.54) is 6.07 Å². The highest BCUT2D eigenvalue weighted by Gasteiger charge is 2.33. The molecule has 0 aliphatic heterocycles. The molecule has 0 aromatic heterocycles. The van der Waals surface area contributed by atoms with Gasteiger partial charge in [-0.1, -0.05) is 12.8 Å². The van der Waals surface area contributed by atoms with Crippen LogP contribution in [0.15, 0.2) is 18.2 Å². The Morgan fingerprint density at radius 3 is 2.71 bits per heavy atom. The first-order chi connectivity index (χ1) is 9.97. The molecule has 0 unspecified atom stereocenters. The molecule has 0 spiro atoms. The van der Waals surface area contributed by atoms with E-state index in [1.807, 2.05) is 6.26 Å². The molecule has 0 radical (unpaired) electrons. The molecule has 2 N–H and O–H groups in total. The van der Waals surface area contributed by atoms with Crippen LogP contribution >= 0.6 is 11.8 Å². The summed E-state index contributed by atoms with van der Waals surface area (Å²) < 4.78 is 0.0290. The Morgan fingerprint density at radius 1 is 1.48 bits per heavy atom. The lowest BCUT2D eigenvalue weighted by molar-refractivity contribution is -0.385. The summed E-state index contributed by atoms with van der Waals surface area (Å²) >= 11 is 1.73. The average Bonchev–Trinajstić information content (AvgIpc) is 2.94. The van der Waals surface area contributed by atoms with Crippen molar-refractivity contribution < 1.29 is 14.8 Å². The number of benzene rings is 1. The summed E-state index contributed by atoms with van der Waals surface area (Å²) in [4.78, 5) is 22.5. The molecule has 7 heteroatoms. The lowest BCUT2D eigenvalue weighted by Crippen LogP contribution is -2.38. The molecule has 0 saturated heterocycles. The minimum Gasteiger partial charge on any atom is -0.508 e. The van der Waals surface area contributed by atoms with Crippen LogP contribution in [0.3, 0.4) is 0 Å². The topological polar surface area (TPSA) is 92.5 Å². The zero-order chi connectivity index (χ0) is 15.5. The van der Waals surface area contributed by atoms with Crippen molar-refractivity contribution in [3.05, 3.63) is 33.9 Å². The van der Waals surface area contributed by atoms with Crippen molar-refractivity contribution in [2.24, 2.45) is 0 Å². The first-order valence-corrected chi connectivity index (χ1v) is 8.01. The van der Waals surface area contributed by atoms with Gasteiger partial charge in [-0.3, -0.25) is 14.9 Å². The van der Waals surface area contributed by atoms with E-state index in [0.29, 0.717) is 6.54 Å². The standard InChI is InChI=1S/C14H18N2O4S/c1-21-14(6-2-3-7-14)9-15-13(18)11-8-10(17)4-5-12(11)16(19)20/h4-5,8,17H,2-3,6-7,9H2,1H3,(H,15,18). The number of phenolic OH excluding ortho intramolecular Hbond substituents is 1. The van der Waals surface area contributed by atoms with Gasteiger partial charge in [-0.25, -0.2) is 0 Å². The number of hydrogen-bond donors (Lipinski definition) is 2. The fourth-order valence-electron chi connectivity index (χ4n) is 2.67. The number of nitrogens with one attached hydrogen (secondary N) is 1. The second kappa shape index (κ2) is 6.34. The molecule has 1 aromatic carbocycles. The number of nitro groups is 1. The largest absolute Gasteiger partial charge is 0.508 e. The summed E-state index contributed by atoms with van der Waals surface area (Å²) in [7, 11) is 0. The lowest BCUT2D eigenvalue weighted by Gasteiger charge is -2.26. The summed E-state index contributed by atoms with van der Waals surface area (Å²) in [5.41, 5.74) is -0.399. The molecule has 1 aliphatic carbocycles. The Balaban J connectivity index is 2.13. The molecule has 0 heterocycles. The van der Waals surface area contributed by atoms with Crippen molar-refractivity contribution in [2.45, 2.75) is 30.4 Å². The number of nitrogens with zero attached hydrogens (tertiary/aromatic N) is 1. The molecule has 2 rings (SSSR count). The Kier molecular flexibility index (Phi) is 4.72. The van der Waals surface area contributed by atoms with E-state index in [2.05, 4.69) is 5.32 Å². The molecule has 114 valence electrons. The SMILES string of the molecule is CSC1(CNC(=O)c2cc(O)ccc2[N+](=O)[O-])CCCC1. The van der Waals surface area contributed by atoms with Crippen LogP contribution in [0, 0.1) is 10.1 Å². The third-order valence-electron chi connectivity index (χ3n) is 3.94. The molecule has 6 nitrogen and oxygen atoms in total. The summed E-state index contributed by atoms with van der Waals surface area (Å²) in [6, 6.07) is 3.48. The number of thioether (sulfide) groups is 1. The van der Waals surface area contributed by atoms with E-state index < -0.39 is 10.8 Å². The van der Waals surface area contributed by atoms with Crippen LogP contribution in [0.2, 0.25) is 0 Å². The fourth-order valence-corrected chi connectivity index (χ4v) is 3.59. The van der Waals surface area contributed by atoms with E-state index in [9.17, 15) is 20.0 Å². The fraction of sp³-hybridized carbons (Fsp3) is 0.500. The van der Waals surface area contributed by atoms with Crippen LogP contribution in [0.1, 0.15) is 36.0 Å². The summed E-state index contributed by atoms with van der Waals surface area (Å²) in [6.07, 6.45) is 6.38. The molecule has 0 bridgehead atoms. The van der Waals surface area contributed by atoms with Gasteiger partial charge in [0, 0.05) is 17.4 Å². The van der Waals surface area contributed by atoms with Crippen molar-refractivity contribution in [3.8, 4) is 5.75 Å². The van der Waals surface area contributed by atoms with Crippen LogP contribution in [-0.2, 0) is 0 Å². The van der Waals surface area contributed by atoms with E-state index >= 15 is 0 Å². The summed E-state index contributed by atoms with van der Waals surface area (Å²) in [5, 5.41) is 23.2. The van der Waals surface area contributed by atoms with Gasteiger partial charge >= 0.3 is 0 Å².